The van der Waals surface area contributed by atoms with Crippen LogP contribution in [0.4, 0.5) is 0 Å². The summed E-state index contributed by atoms with van der Waals surface area (Å²) >= 11 is 0. The Balaban J connectivity index is 1.93. The second kappa shape index (κ2) is 6.88. The molecule has 1 aliphatic heterocycles. The van der Waals surface area contributed by atoms with Crippen LogP contribution in [0.5, 0.6) is 0 Å². The van der Waals surface area contributed by atoms with Gasteiger partial charge in [0, 0.05) is 25.2 Å². The van der Waals surface area contributed by atoms with E-state index in [4.69, 9.17) is 0 Å². The summed E-state index contributed by atoms with van der Waals surface area (Å²) in [6.07, 6.45) is 7.19. The molecule has 1 saturated heterocycles. The van der Waals surface area contributed by atoms with Gasteiger partial charge < -0.3 is 10.4 Å². The minimum absolute atomic E-state index is 0.0982. The molecule has 3 nitrogen and oxygen atoms in total. The summed E-state index contributed by atoms with van der Waals surface area (Å²) in [5.74, 6) is 0.681. The van der Waals surface area contributed by atoms with Gasteiger partial charge in [-0.2, -0.15) is 0 Å². The van der Waals surface area contributed by atoms with E-state index in [1.807, 2.05) is 0 Å². The maximum atomic E-state index is 10.3. The minimum atomic E-state index is -0.0982. The molecule has 18 heavy (non-hydrogen) atoms. The molecule has 0 aromatic rings. The standard InChI is InChI=1S/C15H30N2O/c1-12(2)10-17(11-13-6-5-9-16-13)14-7-3-4-8-15(14)18/h12-16,18H,3-11H2,1-2H3. The van der Waals surface area contributed by atoms with Gasteiger partial charge in [0.05, 0.1) is 6.10 Å². The van der Waals surface area contributed by atoms with Crippen LogP contribution in [0.2, 0.25) is 0 Å². The molecule has 2 aliphatic rings. The van der Waals surface area contributed by atoms with E-state index in [0.717, 1.165) is 19.5 Å². The van der Waals surface area contributed by atoms with Gasteiger partial charge >= 0.3 is 0 Å². The maximum Gasteiger partial charge on any atom is 0.0695 e. The van der Waals surface area contributed by atoms with E-state index in [2.05, 4.69) is 24.1 Å². The van der Waals surface area contributed by atoms with E-state index >= 15 is 0 Å². The second-order valence-corrected chi connectivity index (χ2v) is 6.56. The maximum absolute atomic E-state index is 10.3. The van der Waals surface area contributed by atoms with Crippen LogP contribution in [0.25, 0.3) is 0 Å². The second-order valence-electron chi connectivity index (χ2n) is 6.56. The molecule has 0 aromatic carbocycles. The third-order valence-electron chi connectivity index (χ3n) is 4.38. The Morgan fingerprint density at radius 3 is 2.56 bits per heavy atom. The number of hydrogen-bond acceptors (Lipinski definition) is 3. The van der Waals surface area contributed by atoms with E-state index in [-0.39, 0.29) is 6.10 Å². The van der Waals surface area contributed by atoms with Gasteiger partial charge in [-0.15, -0.1) is 0 Å². The summed E-state index contributed by atoms with van der Waals surface area (Å²) < 4.78 is 0. The summed E-state index contributed by atoms with van der Waals surface area (Å²) in [7, 11) is 0. The van der Waals surface area contributed by atoms with Crippen molar-refractivity contribution in [3.05, 3.63) is 0 Å². The molecule has 3 heteroatoms. The molecule has 0 aromatic heterocycles. The third kappa shape index (κ3) is 3.94. The Morgan fingerprint density at radius 1 is 1.17 bits per heavy atom. The van der Waals surface area contributed by atoms with Gasteiger partial charge in [0.1, 0.15) is 0 Å². The van der Waals surface area contributed by atoms with Crippen molar-refractivity contribution in [3.8, 4) is 0 Å². The molecule has 0 spiro atoms. The van der Waals surface area contributed by atoms with Gasteiger partial charge in [-0.05, 0) is 38.1 Å². The average molecular weight is 254 g/mol. The summed E-state index contributed by atoms with van der Waals surface area (Å²) in [4.78, 5) is 2.57. The molecular weight excluding hydrogens is 224 g/mol. The van der Waals surface area contributed by atoms with Crippen molar-refractivity contribution in [1.29, 1.82) is 0 Å². The summed E-state index contributed by atoms with van der Waals surface area (Å²) in [6.45, 7) is 7.99. The number of rotatable bonds is 5. The fraction of sp³-hybridized carbons (Fsp3) is 1.00. The number of aliphatic hydroxyl groups is 1. The van der Waals surface area contributed by atoms with E-state index < -0.39 is 0 Å². The highest BCUT2D eigenvalue weighted by Crippen LogP contribution is 2.25. The average Bonchev–Trinajstić information content (AvgIpc) is 2.81. The lowest BCUT2D eigenvalue weighted by molar-refractivity contribution is 0.0110. The van der Waals surface area contributed by atoms with Crippen LogP contribution in [0, 0.1) is 5.92 Å². The predicted octanol–water partition coefficient (Wildman–Crippen LogP) is 2.00. The van der Waals surface area contributed by atoms with Crippen molar-refractivity contribution in [2.24, 2.45) is 5.92 Å². The molecule has 1 aliphatic carbocycles. The number of aliphatic hydroxyl groups excluding tert-OH is 1. The normalized spacial score (nSPS) is 33.5. The molecule has 0 radical (unpaired) electrons. The van der Waals surface area contributed by atoms with Gasteiger partial charge in [0.2, 0.25) is 0 Å². The Labute approximate surface area is 112 Å². The molecule has 2 fully saturated rings. The van der Waals surface area contributed by atoms with Crippen molar-refractivity contribution < 1.29 is 5.11 Å². The highest BCUT2D eigenvalue weighted by atomic mass is 16.3. The third-order valence-corrected chi connectivity index (χ3v) is 4.38. The monoisotopic (exact) mass is 254 g/mol. The van der Waals surface area contributed by atoms with Gasteiger partial charge in [-0.25, -0.2) is 0 Å². The van der Waals surface area contributed by atoms with Crippen molar-refractivity contribution in [2.75, 3.05) is 19.6 Å². The number of hydrogen-bond donors (Lipinski definition) is 2. The zero-order chi connectivity index (χ0) is 13.0. The molecule has 0 bridgehead atoms. The lowest BCUT2D eigenvalue weighted by Gasteiger charge is -2.39. The number of nitrogens with one attached hydrogen (secondary N) is 1. The van der Waals surface area contributed by atoms with Crippen LogP contribution in [-0.4, -0.2) is 47.8 Å². The predicted molar refractivity (Wildman–Crippen MR) is 75.7 cm³/mol. The zero-order valence-corrected chi connectivity index (χ0v) is 12.1. The fourth-order valence-electron chi connectivity index (χ4n) is 3.53. The smallest absolute Gasteiger partial charge is 0.0695 e. The van der Waals surface area contributed by atoms with Crippen molar-refractivity contribution in [3.63, 3.8) is 0 Å². The van der Waals surface area contributed by atoms with Crippen LogP contribution in [0.1, 0.15) is 52.4 Å². The Bertz CT molecular complexity index is 239. The molecule has 0 amide bonds. The van der Waals surface area contributed by atoms with Crippen molar-refractivity contribution in [1.82, 2.24) is 10.2 Å². The summed E-state index contributed by atoms with van der Waals surface area (Å²) in [6, 6.07) is 1.06. The molecular formula is C15H30N2O. The van der Waals surface area contributed by atoms with Crippen LogP contribution < -0.4 is 5.32 Å². The van der Waals surface area contributed by atoms with Crippen molar-refractivity contribution in [2.45, 2.75) is 70.6 Å². The van der Waals surface area contributed by atoms with Gasteiger partial charge in [-0.3, -0.25) is 4.90 Å². The zero-order valence-electron chi connectivity index (χ0n) is 12.1. The first-order valence-electron chi connectivity index (χ1n) is 7.82. The molecule has 1 saturated carbocycles. The highest BCUT2D eigenvalue weighted by molar-refractivity contribution is 4.87. The molecule has 2 rings (SSSR count). The van der Waals surface area contributed by atoms with Gasteiger partial charge in [0.25, 0.3) is 0 Å². The minimum Gasteiger partial charge on any atom is -0.391 e. The molecule has 2 N–H and O–H groups in total. The van der Waals surface area contributed by atoms with Crippen LogP contribution in [0.15, 0.2) is 0 Å². The van der Waals surface area contributed by atoms with Crippen LogP contribution in [-0.2, 0) is 0 Å². The molecule has 3 unspecified atom stereocenters. The number of nitrogens with zero attached hydrogens (tertiary/aromatic N) is 1. The van der Waals surface area contributed by atoms with E-state index in [9.17, 15) is 5.11 Å². The summed E-state index contributed by atoms with van der Waals surface area (Å²) in [5.41, 5.74) is 0. The van der Waals surface area contributed by atoms with Gasteiger partial charge in [-0.1, -0.05) is 26.7 Å². The van der Waals surface area contributed by atoms with Crippen molar-refractivity contribution >= 4 is 0 Å². The molecule has 3 atom stereocenters. The molecule has 106 valence electrons. The first-order chi connectivity index (χ1) is 8.66. The van der Waals surface area contributed by atoms with E-state index in [0.29, 0.717) is 18.0 Å². The summed E-state index contributed by atoms with van der Waals surface area (Å²) in [5, 5.41) is 13.9. The Morgan fingerprint density at radius 2 is 1.94 bits per heavy atom. The van der Waals surface area contributed by atoms with Crippen LogP contribution >= 0.6 is 0 Å². The topological polar surface area (TPSA) is 35.5 Å². The first kappa shape index (κ1) is 14.3. The lowest BCUT2D eigenvalue weighted by atomic mass is 9.90. The Hall–Kier alpha value is -0.120. The van der Waals surface area contributed by atoms with E-state index in [1.165, 1.54) is 38.6 Å². The fourth-order valence-corrected chi connectivity index (χ4v) is 3.53. The largest absolute Gasteiger partial charge is 0.391 e. The SMILES string of the molecule is CC(C)CN(CC1CCCN1)C1CCCCC1O. The lowest BCUT2D eigenvalue weighted by Crippen LogP contribution is -2.51. The first-order valence-corrected chi connectivity index (χ1v) is 7.82. The Kier molecular flexibility index (Phi) is 5.46. The highest BCUT2D eigenvalue weighted by Gasteiger charge is 2.30. The quantitative estimate of drug-likeness (QED) is 0.788. The van der Waals surface area contributed by atoms with Crippen LogP contribution in [0.3, 0.4) is 0 Å². The van der Waals surface area contributed by atoms with E-state index in [1.54, 1.807) is 0 Å². The molecule has 1 heterocycles. The van der Waals surface area contributed by atoms with Gasteiger partial charge in [0.15, 0.2) is 0 Å².